The lowest BCUT2D eigenvalue weighted by atomic mass is 10.1. The largest absolute Gasteiger partial charge is 0.384 e. The molecular formula is C12H16N2OS. The van der Waals surface area contributed by atoms with Crippen LogP contribution in [0.2, 0.25) is 0 Å². The highest BCUT2D eigenvalue weighted by Crippen LogP contribution is 2.14. The Kier molecular flexibility index (Phi) is 4.51. The van der Waals surface area contributed by atoms with Gasteiger partial charge in [0.15, 0.2) is 0 Å². The minimum atomic E-state index is -0.810. The molecule has 0 amide bonds. The molecule has 0 saturated heterocycles. The van der Waals surface area contributed by atoms with Gasteiger partial charge in [0.2, 0.25) is 0 Å². The van der Waals surface area contributed by atoms with Crippen molar-refractivity contribution in [3.05, 3.63) is 29.3 Å². The second-order valence-electron chi connectivity index (χ2n) is 3.83. The number of anilines is 1. The maximum absolute atomic E-state index is 11.2. The summed E-state index contributed by atoms with van der Waals surface area (Å²) in [7, 11) is -0.810. The Balaban J connectivity index is 2.66. The van der Waals surface area contributed by atoms with Crippen molar-refractivity contribution in [1.82, 2.24) is 0 Å². The van der Waals surface area contributed by atoms with Crippen LogP contribution in [-0.4, -0.2) is 22.3 Å². The Hall–Kier alpha value is -1.34. The zero-order valence-corrected chi connectivity index (χ0v) is 10.6. The van der Waals surface area contributed by atoms with Crippen molar-refractivity contribution < 1.29 is 4.21 Å². The lowest BCUT2D eigenvalue weighted by Gasteiger charge is -2.11. The predicted octanol–water partition coefficient (Wildman–Crippen LogP) is 2.05. The van der Waals surface area contributed by atoms with Crippen LogP contribution in [0, 0.1) is 18.3 Å². The van der Waals surface area contributed by atoms with E-state index in [0.717, 1.165) is 11.3 Å². The van der Waals surface area contributed by atoms with Crippen LogP contribution in [0.15, 0.2) is 18.2 Å². The minimum Gasteiger partial charge on any atom is -0.384 e. The Labute approximate surface area is 98.9 Å². The summed E-state index contributed by atoms with van der Waals surface area (Å²) in [6.07, 6.45) is 1.70. The molecule has 0 bridgehead atoms. The number of hydrogen-bond acceptors (Lipinski definition) is 3. The Morgan fingerprint density at radius 2 is 2.25 bits per heavy atom. The Morgan fingerprint density at radius 1 is 1.56 bits per heavy atom. The van der Waals surface area contributed by atoms with Gasteiger partial charge in [0.1, 0.15) is 0 Å². The van der Waals surface area contributed by atoms with Gasteiger partial charge in [0.05, 0.1) is 11.6 Å². The number of aryl methyl sites for hydroxylation is 1. The monoisotopic (exact) mass is 236 g/mol. The highest BCUT2D eigenvalue weighted by Gasteiger charge is 2.05. The highest BCUT2D eigenvalue weighted by molar-refractivity contribution is 7.84. The summed E-state index contributed by atoms with van der Waals surface area (Å²) in [4.78, 5) is 0. The van der Waals surface area contributed by atoms with Crippen molar-refractivity contribution in [3.63, 3.8) is 0 Å². The van der Waals surface area contributed by atoms with E-state index in [2.05, 4.69) is 11.4 Å². The van der Waals surface area contributed by atoms with Gasteiger partial charge in [-0.2, -0.15) is 5.26 Å². The van der Waals surface area contributed by atoms with Crippen molar-refractivity contribution in [1.29, 1.82) is 5.26 Å². The third-order valence-corrected chi connectivity index (χ3v) is 3.81. The molecule has 1 aromatic rings. The number of benzene rings is 1. The lowest BCUT2D eigenvalue weighted by molar-refractivity contribution is 0.679. The first-order valence-corrected chi connectivity index (χ1v) is 6.73. The SMILES string of the molecule is Cc1cc(NCC(C)S(C)=O)ccc1C#N. The predicted molar refractivity (Wildman–Crippen MR) is 67.9 cm³/mol. The molecule has 0 aliphatic rings. The Morgan fingerprint density at radius 3 is 2.75 bits per heavy atom. The molecule has 2 atom stereocenters. The zero-order valence-electron chi connectivity index (χ0n) is 9.78. The van der Waals surface area contributed by atoms with Gasteiger partial charge in [-0.1, -0.05) is 0 Å². The molecule has 0 aromatic heterocycles. The van der Waals surface area contributed by atoms with E-state index in [-0.39, 0.29) is 5.25 Å². The first-order chi connectivity index (χ1) is 7.54. The van der Waals surface area contributed by atoms with Gasteiger partial charge in [-0.15, -0.1) is 0 Å². The first-order valence-electron chi connectivity index (χ1n) is 5.11. The number of nitrogens with one attached hydrogen (secondary N) is 1. The van der Waals surface area contributed by atoms with Crippen molar-refractivity contribution in [3.8, 4) is 6.07 Å². The maximum atomic E-state index is 11.2. The molecule has 1 rings (SSSR count). The molecule has 4 heteroatoms. The summed E-state index contributed by atoms with van der Waals surface area (Å²) in [6, 6.07) is 7.73. The summed E-state index contributed by atoms with van der Waals surface area (Å²) in [5.41, 5.74) is 2.62. The molecule has 1 aromatic carbocycles. The van der Waals surface area contributed by atoms with Gasteiger partial charge in [-0.3, -0.25) is 4.21 Å². The van der Waals surface area contributed by atoms with Gasteiger partial charge in [-0.05, 0) is 37.6 Å². The highest BCUT2D eigenvalue weighted by atomic mass is 32.2. The van der Waals surface area contributed by atoms with Crippen LogP contribution in [0.25, 0.3) is 0 Å². The minimum absolute atomic E-state index is 0.121. The molecule has 3 nitrogen and oxygen atoms in total. The van der Waals surface area contributed by atoms with Crippen LogP contribution < -0.4 is 5.32 Å². The van der Waals surface area contributed by atoms with E-state index < -0.39 is 10.8 Å². The molecule has 0 saturated carbocycles. The van der Waals surface area contributed by atoms with E-state index >= 15 is 0 Å². The second kappa shape index (κ2) is 5.66. The summed E-state index contributed by atoms with van der Waals surface area (Å²) >= 11 is 0. The van der Waals surface area contributed by atoms with Crippen molar-refractivity contribution >= 4 is 16.5 Å². The molecule has 0 spiro atoms. The fourth-order valence-electron chi connectivity index (χ4n) is 1.28. The molecule has 16 heavy (non-hydrogen) atoms. The third-order valence-electron chi connectivity index (χ3n) is 2.51. The molecule has 0 aliphatic carbocycles. The van der Waals surface area contributed by atoms with Crippen LogP contribution in [0.3, 0.4) is 0 Å². The van der Waals surface area contributed by atoms with E-state index in [1.807, 2.05) is 26.0 Å². The van der Waals surface area contributed by atoms with Crippen LogP contribution in [-0.2, 0) is 10.8 Å². The summed E-state index contributed by atoms with van der Waals surface area (Å²) in [5, 5.41) is 12.1. The topological polar surface area (TPSA) is 52.9 Å². The van der Waals surface area contributed by atoms with E-state index in [1.165, 1.54) is 0 Å². The average molecular weight is 236 g/mol. The molecule has 0 fully saturated rings. The first kappa shape index (κ1) is 12.7. The zero-order chi connectivity index (χ0) is 12.1. The molecule has 0 aliphatic heterocycles. The normalized spacial score (nSPS) is 13.9. The van der Waals surface area contributed by atoms with E-state index in [0.29, 0.717) is 12.1 Å². The standard InChI is InChI=1S/C12H16N2OS/c1-9-6-12(5-4-11(9)7-13)14-8-10(2)16(3)15/h4-6,10,14H,8H2,1-3H3. The van der Waals surface area contributed by atoms with Gasteiger partial charge in [-0.25, -0.2) is 0 Å². The number of rotatable bonds is 4. The third kappa shape index (κ3) is 3.35. The van der Waals surface area contributed by atoms with Crippen molar-refractivity contribution in [2.24, 2.45) is 0 Å². The quantitative estimate of drug-likeness (QED) is 0.870. The van der Waals surface area contributed by atoms with Gasteiger partial charge in [0, 0.05) is 34.5 Å². The fraction of sp³-hybridized carbons (Fsp3) is 0.417. The van der Waals surface area contributed by atoms with E-state index in [9.17, 15) is 4.21 Å². The molecule has 0 heterocycles. The summed E-state index contributed by atoms with van der Waals surface area (Å²) < 4.78 is 11.2. The van der Waals surface area contributed by atoms with Crippen LogP contribution in [0.4, 0.5) is 5.69 Å². The summed E-state index contributed by atoms with van der Waals surface area (Å²) in [6.45, 7) is 4.53. The molecular weight excluding hydrogens is 220 g/mol. The average Bonchev–Trinajstić information content (AvgIpc) is 2.25. The second-order valence-corrected chi connectivity index (χ2v) is 5.63. The van der Waals surface area contributed by atoms with Gasteiger partial charge < -0.3 is 5.32 Å². The Bertz CT molecular complexity index is 437. The number of nitriles is 1. The van der Waals surface area contributed by atoms with Crippen molar-refractivity contribution in [2.75, 3.05) is 18.1 Å². The van der Waals surface area contributed by atoms with Crippen molar-refractivity contribution in [2.45, 2.75) is 19.1 Å². The molecule has 0 radical (unpaired) electrons. The van der Waals surface area contributed by atoms with Gasteiger partial charge in [0.25, 0.3) is 0 Å². The summed E-state index contributed by atoms with van der Waals surface area (Å²) in [5.74, 6) is 0. The lowest BCUT2D eigenvalue weighted by Crippen LogP contribution is -2.20. The van der Waals surface area contributed by atoms with Crippen LogP contribution in [0.5, 0.6) is 0 Å². The molecule has 86 valence electrons. The van der Waals surface area contributed by atoms with Crippen LogP contribution >= 0.6 is 0 Å². The van der Waals surface area contributed by atoms with E-state index in [4.69, 9.17) is 5.26 Å². The molecule has 2 unspecified atom stereocenters. The van der Waals surface area contributed by atoms with E-state index in [1.54, 1.807) is 12.3 Å². The maximum Gasteiger partial charge on any atom is 0.0994 e. The number of nitrogens with zero attached hydrogens (tertiary/aromatic N) is 1. The molecule has 1 N–H and O–H groups in total. The number of hydrogen-bond donors (Lipinski definition) is 1. The van der Waals surface area contributed by atoms with Crippen LogP contribution in [0.1, 0.15) is 18.1 Å². The van der Waals surface area contributed by atoms with Gasteiger partial charge >= 0.3 is 0 Å². The smallest absolute Gasteiger partial charge is 0.0994 e. The fourth-order valence-corrected chi connectivity index (χ4v) is 1.60.